The maximum absolute atomic E-state index is 12.4. The van der Waals surface area contributed by atoms with Crippen LogP contribution < -0.4 is 15.0 Å². The summed E-state index contributed by atoms with van der Waals surface area (Å²) in [4.78, 5) is 25.7. The number of hydrogen-bond donors (Lipinski definition) is 1. The number of rotatable bonds is 6. The van der Waals surface area contributed by atoms with Crippen molar-refractivity contribution in [2.45, 2.75) is 19.5 Å². The zero-order valence-corrected chi connectivity index (χ0v) is 15.0. The van der Waals surface area contributed by atoms with Crippen molar-refractivity contribution in [2.24, 2.45) is 5.41 Å². The molecule has 2 amide bonds. The lowest BCUT2D eigenvalue weighted by molar-refractivity contribution is -0.274. The highest BCUT2D eigenvalue weighted by Crippen LogP contribution is 2.29. The van der Waals surface area contributed by atoms with E-state index in [4.69, 9.17) is 27.9 Å². The van der Waals surface area contributed by atoms with Crippen molar-refractivity contribution in [2.75, 3.05) is 23.4 Å². The van der Waals surface area contributed by atoms with Crippen molar-refractivity contribution < 1.29 is 32.2 Å². The molecule has 1 saturated heterocycles. The van der Waals surface area contributed by atoms with Crippen molar-refractivity contribution in [3.8, 4) is 5.75 Å². The van der Waals surface area contributed by atoms with Gasteiger partial charge in [-0.25, -0.2) is 0 Å². The first-order valence-electron chi connectivity index (χ1n) is 7.31. The zero-order chi connectivity index (χ0) is 19.5. The zero-order valence-electron chi connectivity index (χ0n) is 13.5. The average Bonchev–Trinajstić information content (AvgIpc) is 2.93. The van der Waals surface area contributed by atoms with Gasteiger partial charge in [-0.3, -0.25) is 14.5 Å². The van der Waals surface area contributed by atoms with E-state index in [0.29, 0.717) is 0 Å². The molecule has 6 nitrogen and oxygen atoms in total. The largest absolute Gasteiger partial charge is 0.573 e. The molecule has 0 radical (unpaired) electrons. The first-order chi connectivity index (χ1) is 12.1. The predicted molar refractivity (Wildman–Crippen MR) is 88.0 cm³/mol. The molecule has 0 aliphatic carbocycles. The molecule has 1 aromatic rings. The Morgan fingerprint density at radius 3 is 2.62 bits per heavy atom. The third-order valence-corrected chi connectivity index (χ3v) is 4.80. The SMILES string of the molecule is CC(CCl)(CCl)C(=O)NC1OCN(c2cccc(OC(F)(F)F)c2)C1=O. The first-order valence-corrected chi connectivity index (χ1v) is 8.38. The molecule has 1 aromatic carbocycles. The van der Waals surface area contributed by atoms with Crippen molar-refractivity contribution in [1.29, 1.82) is 0 Å². The Balaban J connectivity index is 2.10. The third-order valence-electron chi connectivity index (χ3n) is 3.62. The van der Waals surface area contributed by atoms with Crippen LogP contribution in [-0.4, -0.2) is 42.9 Å². The Kier molecular flexibility index (Phi) is 6.25. The molecule has 0 bridgehead atoms. The number of halogens is 5. The minimum absolute atomic E-state index is 0.0657. The summed E-state index contributed by atoms with van der Waals surface area (Å²) in [6.45, 7) is 1.27. The number of hydrogen-bond acceptors (Lipinski definition) is 4. The average molecular weight is 415 g/mol. The number of amides is 2. The smallest absolute Gasteiger partial charge is 0.406 e. The van der Waals surface area contributed by atoms with Crippen molar-refractivity contribution in [3.05, 3.63) is 24.3 Å². The van der Waals surface area contributed by atoms with Crippen LogP contribution in [0.25, 0.3) is 0 Å². The summed E-state index contributed by atoms with van der Waals surface area (Å²) in [5.41, 5.74) is -0.966. The first kappa shape index (κ1) is 20.6. The number of carbonyl (C=O) groups excluding carboxylic acids is 2. The molecule has 1 atom stereocenters. The fraction of sp³-hybridized carbons (Fsp3) is 0.467. The van der Waals surface area contributed by atoms with Gasteiger partial charge < -0.3 is 14.8 Å². The number of benzene rings is 1. The molecule has 11 heteroatoms. The monoisotopic (exact) mass is 414 g/mol. The Hall–Kier alpha value is -1.71. The van der Waals surface area contributed by atoms with Gasteiger partial charge in [0.15, 0.2) is 0 Å². The summed E-state index contributed by atoms with van der Waals surface area (Å²) in [7, 11) is 0. The second kappa shape index (κ2) is 7.89. The molecule has 1 aliphatic heterocycles. The fourth-order valence-electron chi connectivity index (χ4n) is 2.03. The van der Waals surface area contributed by atoms with Crippen molar-refractivity contribution in [3.63, 3.8) is 0 Å². The maximum atomic E-state index is 12.4. The lowest BCUT2D eigenvalue weighted by atomic mass is 9.95. The summed E-state index contributed by atoms with van der Waals surface area (Å²) >= 11 is 11.5. The highest BCUT2D eigenvalue weighted by atomic mass is 35.5. The maximum Gasteiger partial charge on any atom is 0.573 e. The molecule has 0 spiro atoms. The van der Waals surface area contributed by atoms with Gasteiger partial charge in [0, 0.05) is 23.5 Å². The standard InChI is InChI=1S/C15H15Cl2F3N2O4/c1-14(6-16,7-17)13(24)21-11-12(23)22(8-25-11)9-3-2-4-10(5-9)26-15(18,19)20/h2-5,11H,6-8H2,1H3,(H,21,24). The predicted octanol–water partition coefficient (Wildman–Crippen LogP) is 2.83. The number of nitrogens with one attached hydrogen (secondary N) is 1. The van der Waals surface area contributed by atoms with E-state index in [-0.39, 0.29) is 24.2 Å². The number of carbonyl (C=O) groups is 2. The summed E-state index contributed by atoms with van der Waals surface area (Å²) in [5, 5.41) is 2.39. The van der Waals surface area contributed by atoms with E-state index in [2.05, 4.69) is 10.1 Å². The Bertz CT molecular complexity index is 683. The molecular weight excluding hydrogens is 400 g/mol. The van der Waals surface area contributed by atoms with Crippen LogP contribution in [0.4, 0.5) is 18.9 Å². The molecule has 144 valence electrons. The van der Waals surface area contributed by atoms with Crippen LogP contribution in [0.2, 0.25) is 0 Å². The van der Waals surface area contributed by atoms with Crippen LogP contribution in [0.15, 0.2) is 24.3 Å². The van der Waals surface area contributed by atoms with Crippen LogP contribution in [0.3, 0.4) is 0 Å². The van der Waals surface area contributed by atoms with E-state index < -0.39 is 35.6 Å². The number of nitrogens with zero attached hydrogens (tertiary/aromatic N) is 1. The van der Waals surface area contributed by atoms with Crippen molar-refractivity contribution in [1.82, 2.24) is 5.32 Å². The van der Waals surface area contributed by atoms with Crippen LogP contribution >= 0.6 is 23.2 Å². The summed E-state index contributed by atoms with van der Waals surface area (Å²) in [5.74, 6) is -1.83. The van der Waals surface area contributed by atoms with E-state index in [1.165, 1.54) is 19.1 Å². The normalized spacial score (nSPS) is 18.2. The second-order valence-electron chi connectivity index (χ2n) is 5.79. The van der Waals surface area contributed by atoms with Gasteiger partial charge in [0.1, 0.15) is 12.5 Å². The summed E-state index contributed by atoms with van der Waals surface area (Å²) in [6.07, 6.45) is -6.14. The van der Waals surface area contributed by atoms with E-state index in [1.54, 1.807) is 0 Å². The van der Waals surface area contributed by atoms with Crippen LogP contribution in [-0.2, 0) is 14.3 Å². The molecular formula is C15H15Cl2F3N2O4. The lowest BCUT2D eigenvalue weighted by Gasteiger charge is -2.24. The highest BCUT2D eigenvalue weighted by molar-refractivity contribution is 6.24. The third kappa shape index (κ3) is 4.72. The van der Waals surface area contributed by atoms with Gasteiger partial charge in [-0.15, -0.1) is 36.4 Å². The Morgan fingerprint density at radius 1 is 1.38 bits per heavy atom. The van der Waals surface area contributed by atoms with Gasteiger partial charge >= 0.3 is 6.36 Å². The molecule has 1 unspecified atom stereocenters. The van der Waals surface area contributed by atoms with E-state index in [9.17, 15) is 22.8 Å². The van der Waals surface area contributed by atoms with Gasteiger partial charge in [-0.2, -0.15) is 0 Å². The van der Waals surface area contributed by atoms with Gasteiger partial charge in [0.2, 0.25) is 12.1 Å². The lowest BCUT2D eigenvalue weighted by Crippen LogP contribution is -2.49. The van der Waals surface area contributed by atoms with E-state index in [1.807, 2.05) is 0 Å². The summed E-state index contributed by atoms with van der Waals surface area (Å²) < 4.78 is 46.0. The Morgan fingerprint density at radius 2 is 2.04 bits per heavy atom. The molecule has 1 N–H and O–H groups in total. The van der Waals surface area contributed by atoms with E-state index in [0.717, 1.165) is 17.0 Å². The highest BCUT2D eigenvalue weighted by Gasteiger charge is 2.40. The molecule has 26 heavy (non-hydrogen) atoms. The minimum Gasteiger partial charge on any atom is -0.406 e. The topological polar surface area (TPSA) is 67.9 Å². The number of ether oxygens (including phenoxy) is 2. The van der Waals surface area contributed by atoms with Gasteiger partial charge in [0.05, 0.1) is 5.41 Å². The molecule has 0 aromatic heterocycles. The molecule has 1 fully saturated rings. The second-order valence-corrected chi connectivity index (χ2v) is 6.32. The fourth-order valence-corrected chi connectivity index (χ4v) is 2.56. The van der Waals surface area contributed by atoms with Crippen LogP contribution in [0, 0.1) is 5.41 Å². The Labute approximate surface area is 157 Å². The summed E-state index contributed by atoms with van der Waals surface area (Å²) in [6, 6.07) is 4.86. The van der Waals surface area contributed by atoms with Gasteiger partial charge in [-0.1, -0.05) is 6.07 Å². The van der Waals surface area contributed by atoms with Gasteiger partial charge in [0.25, 0.3) is 5.91 Å². The molecule has 2 rings (SSSR count). The quantitative estimate of drug-likeness (QED) is 0.726. The van der Waals surface area contributed by atoms with E-state index >= 15 is 0 Å². The minimum atomic E-state index is -4.85. The molecule has 1 heterocycles. The number of anilines is 1. The van der Waals surface area contributed by atoms with Gasteiger partial charge in [-0.05, 0) is 19.1 Å². The van der Waals surface area contributed by atoms with Crippen LogP contribution in [0.5, 0.6) is 5.75 Å². The van der Waals surface area contributed by atoms with Crippen molar-refractivity contribution >= 4 is 40.7 Å². The number of alkyl halides is 5. The van der Waals surface area contributed by atoms with Crippen LogP contribution in [0.1, 0.15) is 6.92 Å². The molecule has 1 aliphatic rings. The molecule has 0 saturated carbocycles.